The molecule has 0 fully saturated rings. The van der Waals surface area contributed by atoms with E-state index in [0.717, 1.165) is 0 Å². The van der Waals surface area contributed by atoms with Crippen LogP contribution in [0.25, 0.3) is 0 Å². The van der Waals surface area contributed by atoms with Crippen LogP contribution in [0.4, 0.5) is 0 Å². The fourth-order valence-corrected chi connectivity index (χ4v) is 1.24. The number of nitrogens with two attached hydrogens (primary N) is 1. The molecule has 0 unspecified atom stereocenters. The second-order valence-corrected chi connectivity index (χ2v) is 3.32. The van der Waals surface area contributed by atoms with E-state index in [2.05, 4.69) is 0 Å². The van der Waals surface area contributed by atoms with Crippen molar-refractivity contribution in [3.8, 4) is 0 Å². The lowest BCUT2D eigenvalue weighted by atomic mass is 10.2. The van der Waals surface area contributed by atoms with Crippen LogP contribution >= 0.6 is 0 Å². The highest BCUT2D eigenvalue weighted by molar-refractivity contribution is 5.97. The van der Waals surface area contributed by atoms with Crippen LogP contribution in [-0.4, -0.2) is 22.6 Å². The van der Waals surface area contributed by atoms with Crippen LogP contribution in [0.1, 0.15) is 34.1 Å². The summed E-state index contributed by atoms with van der Waals surface area (Å²) in [6.45, 7) is 6.85. The summed E-state index contributed by atoms with van der Waals surface area (Å²) in [6.07, 6.45) is 1.55. The molecule has 0 saturated heterocycles. The van der Waals surface area contributed by atoms with E-state index in [1.54, 1.807) is 6.92 Å². The SMILES string of the molecule is CCC(=O)N(C(=CN)C(C)=O)C(C)C. The van der Waals surface area contributed by atoms with Gasteiger partial charge in [-0.15, -0.1) is 0 Å². The Balaban J connectivity index is 5.00. The molecule has 0 aromatic rings. The zero-order chi connectivity index (χ0) is 11.3. The van der Waals surface area contributed by atoms with Crippen molar-refractivity contribution in [3.63, 3.8) is 0 Å². The van der Waals surface area contributed by atoms with Crippen molar-refractivity contribution < 1.29 is 9.59 Å². The van der Waals surface area contributed by atoms with Gasteiger partial charge < -0.3 is 10.6 Å². The highest BCUT2D eigenvalue weighted by Gasteiger charge is 2.21. The largest absolute Gasteiger partial charge is 0.403 e. The first kappa shape index (κ1) is 12.7. The van der Waals surface area contributed by atoms with E-state index >= 15 is 0 Å². The fraction of sp³-hybridized carbons (Fsp3) is 0.600. The summed E-state index contributed by atoms with van der Waals surface area (Å²) in [5, 5.41) is 0. The minimum atomic E-state index is -0.192. The quantitative estimate of drug-likeness (QED) is 0.686. The summed E-state index contributed by atoms with van der Waals surface area (Å²) in [5.41, 5.74) is 5.60. The Hall–Kier alpha value is -1.32. The van der Waals surface area contributed by atoms with E-state index in [1.165, 1.54) is 18.0 Å². The number of hydrogen-bond acceptors (Lipinski definition) is 3. The highest BCUT2D eigenvalue weighted by atomic mass is 16.2. The van der Waals surface area contributed by atoms with Gasteiger partial charge in [0.15, 0.2) is 5.78 Å². The maximum atomic E-state index is 11.5. The molecule has 0 aromatic carbocycles. The molecule has 0 radical (unpaired) electrons. The lowest BCUT2D eigenvalue weighted by molar-refractivity contribution is -0.133. The summed E-state index contributed by atoms with van der Waals surface area (Å²) in [6, 6.07) is -0.0545. The zero-order valence-electron chi connectivity index (χ0n) is 9.20. The molecule has 4 nitrogen and oxygen atoms in total. The molecule has 14 heavy (non-hydrogen) atoms. The van der Waals surface area contributed by atoms with Gasteiger partial charge in [0.2, 0.25) is 5.91 Å². The van der Waals surface area contributed by atoms with Crippen molar-refractivity contribution in [2.45, 2.75) is 40.2 Å². The van der Waals surface area contributed by atoms with Gasteiger partial charge in [0.1, 0.15) is 5.70 Å². The molecular formula is C10H18N2O2. The first-order valence-electron chi connectivity index (χ1n) is 4.70. The Morgan fingerprint density at radius 1 is 1.43 bits per heavy atom. The number of Topliss-reactive ketones (excluding diaryl/α,β-unsaturated/α-hetero) is 1. The third kappa shape index (κ3) is 2.87. The molecule has 0 aliphatic heterocycles. The van der Waals surface area contributed by atoms with Gasteiger partial charge in [-0.25, -0.2) is 0 Å². The molecular weight excluding hydrogens is 180 g/mol. The number of allylic oxidation sites excluding steroid dienone is 1. The Morgan fingerprint density at radius 3 is 2.14 bits per heavy atom. The maximum Gasteiger partial charge on any atom is 0.227 e. The van der Waals surface area contributed by atoms with Crippen molar-refractivity contribution in [2.75, 3.05) is 0 Å². The molecule has 0 rings (SSSR count). The highest BCUT2D eigenvalue weighted by Crippen LogP contribution is 2.11. The fourth-order valence-electron chi connectivity index (χ4n) is 1.24. The zero-order valence-corrected chi connectivity index (χ0v) is 9.20. The van der Waals surface area contributed by atoms with Crippen LogP contribution in [0.15, 0.2) is 11.9 Å². The molecule has 0 aromatic heterocycles. The molecule has 0 aliphatic carbocycles. The number of rotatable bonds is 4. The average Bonchev–Trinajstić information content (AvgIpc) is 2.11. The number of carbonyl (C=O) groups excluding carboxylic acids is 2. The van der Waals surface area contributed by atoms with Gasteiger partial charge in [0.25, 0.3) is 0 Å². The molecule has 0 heterocycles. The Morgan fingerprint density at radius 2 is 1.93 bits per heavy atom. The van der Waals surface area contributed by atoms with E-state index in [1.807, 2.05) is 13.8 Å². The molecule has 4 heteroatoms. The normalized spacial score (nSPS) is 11.6. The van der Waals surface area contributed by atoms with Crippen molar-refractivity contribution >= 4 is 11.7 Å². The molecule has 0 atom stereocenters. The first-order chi connectivity index (χ1) is 6.45. The molecule has 0 bridgehead atoms. The summed E-state index contributed by atoms with van der Waals surface area (Å²) in [4.78, 5) is 24.2. The van der Waals surface area contributed by atoms with Crippen molar-refractivity contribution in [1.82, 2.24) is 4.90 Å². The topological polar surface area (TPSA) is 63.4 Å². The third-order valence-electron chi connectivity index (χ3n) is 1.87. The number of ketones is 1. The maximum absolute atomic E-state index is 11.5. The van der Waals surface area contributed by atoms with E-state index in [9.17, 15) is 9.59 Å². The van der Waals surface area contributed by atoms with E-state index in [4.69, 9.17) is 5.73 Å². The minimum Gasteiger partial charge on any atom is -0.403 e. The minimum absolute atomic E-state index is 0.0545. The van der Waals surface area contributed by atoms with Gasteiger partial charge in [-0.2, -0.15) is 0 Å². The van der Waals surface area contributed by atoms with Gasteiger partial charge in [0.05, 0.1) is 0 Å². The van der Waals surface area contributed by atoms with Gasteiger partial charge in [-0.3, -0.25) is 9.59 Å². The number of carbonyl (C=O) groups is 2. The van der Waals surface area contributed by atoms with Crippen molar-refractivity contribution in [1.29, 1.82) is 0 Å². The first-order valence-corrected chi connectivity index (χ1v) is 4.70. The van der Waals surface area contributed by atoms with Crippen LogP contribution in [0, 0.1) is 0 Å². The summed E-state index contributed by atoms with van der Waals surface area (Å²) in [5.74, 6) is -0.282. The second kappa shape index (κ2) is 5.42. The van der Waals surface area contributed by atoms with E-state index < -0.39 is 0 Å². The number of amides is 1. The number of hydrogen-bond donors (Lipinski definition) is 1. The van der Waals surface area contributed by atoms with Crippen LogP contribution in [0.2, 0.25) is 0 Å². The van der Waals surface area contributed by atoms with E-state index in [0.29, 0.717) is 6.42 Å². The standard InChI is InChI=1S/C10H18N2O2/c1-5-10(14)12(7(2)3)9(6-11)8(4)13/h6-7H,5,11H2,1-4H3. The average molecular weight is 198 g/mol. The molecule has 0 spiro atoms. The van der Waals surface area contributed by atoms with Gasteiger partial charge in [-0.05, 0) is 13.8 Å². The lowest BCUT2D eigenvalue weighted by Gasteiger charge is -2.27. The lowest BCUT2D eigenvalue weighted by Crippen LogP contribution is -2.38. The molecule has 0 aliphatic rings. The summed E-state index contributed by atoms with van der Waals surface area (Å²) >= 11 is 0. The Labute approximate surface area is 84.8 Å². The Bertz CT molecular complexity index is 257. The summed E-state index contributed by atoms with van der Waals surface area (Å²) in [7, 11) is 0. The third-order valence-corrected chi connectivity index (χ3v) is 1.87. The van der Waals surface area contributed by atoms with E-state index in [-0.39, 0.29) is 23.4 Å². The monoisotopic (exact) mass is 198 g/mol. The predicted octanol–water partition coefficient (Wildman–Crippen LogP) is 1.02. The molecule has 0 saturated carbocycles. The van der Waals surface area contributed by atoms with Gasteiger partial charge >= 0.3 is 0 Å². The van der Waals surface area contributed by atoms with Gasteiger partial charge in [-0.1, -0.05) is 6.92 Å². The summed E-state index contributed by atoms with van der Waals surface area (Å²) < 4.78 is 0. The molecule has 80 valence electrons. The Kier molecular flexibility index (Phi) is 4.91. The van der Waals surface area contributed by atoms with Gasteiger partial charge in [0, 0.05) is 25.6 Å². The van der Waals surface area contributed by atoms with Crippen LogP contribution < -0.4 is 5.73 Å². The molecule has 1 amide bonds. The smallest absolute Gasteiger partial charge is 0.227 e. The van der Waals surface area contributed by atoms with Crippen molar-refractivity contribution in [2.24, 2.45) is 5.73 Å². The van der Waals surface area contributed by atoms with Crippen LogP contribution in [0.5, 0.6) is 0 Å². The molecule has 2 N–H and O–H groups in total. The number of nitrogens with zero attached hydrogens (tertiary/aromatic N) is 1. The predicted molar refractivity (Wildman–Crippen MR) is 55.2 cm³/mol. The second-order valence-electron chi connectivity index (χ2n) is 3.32. The van der Waals surface area contributed by atoms with Crippen LogP contribution in [0.3, 0.4) is 0 Å². The van der Waals surface area contributed by atoms with Crippen molar-refractivity contribution in [3.05, 3.63) is 11.9 Å². The van der Waals surface area contributed by atoms with Crippen LogP contribution in [-0.2, 0) is 9.59 Å².